The van der Waals surface area contributed by atoms with Crippen LogP contribution in [0.3, 0.4) is 0 Å². The molecule has 0 bridgehead atoms. The van der Waals surface area contributed by atoms with Crippen molar-refractivity contribution in [3.05, 3.63) is 0 Å². The van der Waals surface area contributed by atoms with Crippen molar-refractivity contribution >= 4 is 18.0 Å². The first-order valence-electron chi connectivity index (χ1n) is 5.64. The first-order chi connectivity index (χ1) is 7.91. The van der Waals surface area contributed by atoms with E-state index < -0.39 is 18.2 Å². The Morgan fingerprint density at radius 1 is 1.47 bits per heavy atom. The average molecular weight is 243 g/mol. The lowest BCUT2D eigenvalue weighted by Crippen LogP contribution is -2.37. The molecule has 17 heavy (non-hydrogen) atoms. The van der Waals surface area contributed by atoms with Gasteiger partial charge in [0.2, 0.25) is 5.91 Å². The van der Waals surface area contributed by atoms with Crippen molar-refractivity contribution in [2.24, 2.45) is 5.92 Å². The summed E-state index contributed by atoms with van der Waals surface area (Å²) in [4.78, 5) is 34.6. The van der Waals surface area contributed by atoms with Crippen molar-refractivity contribution in [3.8, 4) is 0 Å². The number of aliphatic carboxylic acids is 1. The van der Waals surface area contributed by atoms with E-state index in [1.54, 1.807) is 13.8 Å². The molecule has 1 heterocycles. The van der Waals surface area contributed by atoms with E-state index in [9.17, 15) is 14.4 Å². The van der Waals surface area contributed by atoms with E-state index in [1.807, 2.05) is 0 Å². The zero-order chi connectivity index (χ0) is 13.0. The maximum atomic E-state index is 11.6. The number of imide groups is 1. The third-order valence-electron chi connectivity index (χ3n) is 2.67. The second kappa shape index (κ2) is 5.65. The number of carboxylic acids is 1. The summed E-state index contributed by atoms with van der Waals surface area (Å²) in [6.45, 7) is 3.90. The number of carbonyl (C=O) groups excluding carboxylic acids is 2. The monoisotopic (exact) mass is 243 g/mol. The fraction of sp³-hybridized carbons (Fsp3) is 0.727. The second-order valence-electron chi connectivity index (χ2n) is 4.41. The largest absolute Gasteiger partial charge is 0.481 e. The van der Waals surface area contributed by atoms with Crippen LogP contribution in [0.1, 0.15) is 33.1 Å². The molecule has 2 amide bonds. The van der Waals surface area contributed by atoms with Crippen LogP contribution in [-0.4, -0.2) is 40.6 Å². The molecule has 6 nitrogen and oxygen atoms in total. The highest BCUT2D eigenvalue weighted by Gasteiger charge is 2.31. The van der Waals surface area contributed by atoms with Gasteiger partial charge in [-0.05, 0) is 12.3 Å². The molecule has 0 radical (unpaired) electrons. The van der Waals surface area contributed by atoms with Gasteiger partial charge in [-0.3, -0.25) is 9.59 Å². The van der Waals surface area contributed by atoms with E-state index in [2.05, 4.69) is 0 Å². The molecule has 1 fully saturated rings. The molecule has 1 aliphatic rings. The molecule has 0 aromatic heterocycles. The summed E-state index contributed by atoms with van der Waals surface area (Å²) in [5, 5.41) is 8.69. The highest BCUT2D eigenvalue weighted by Crippen LogP contribution is 2.16. The summed E-state index contributed by atoms with van der Waals surface area (Å²) >= 11 is 0. The minimum atomic E-state index is -1.02. The Hall–Kier alpha value is -1.59. The van der Waals surface area contributed by atoms with Gasteiger partial charge in [-0.1, -0.05) is 13.8 Å². The van der Waals surface area contributed by atoms with Crippen molar-refractivity contribution < 1.29 is 24.2 Å². The van der Waals surface area contributed by atoms with Crippen LogP contribution >= 0.6 is 0 Å². The zero-order valence-electron chi connectivity index (χ0n) is 10.0. The van der Waals surface area contributed by atoms with Crippen LogP contribution in [-0.2, 0) is 14.3 Å². The van der Waals surface area contributed by atoms with Gasteiger partial charge in [0.05, 0.1) is 6.42 Å². The number of rotatable bonds is 4. The molecule has 1 rings (SSSR count). The maximum absolute atomic E-state index is 11.6. The predicted molar refractivity (Wildman–Crippen MR) is 58.3 cm³/mol. The van der Waals surface area contributed by atoms with Gasteiger partial charge in [0, 0.05) is 13.0 Å². The fourth-order valence-corrected chi connectivity index (χ4v) is 1.62. The molecule has 1 unspecified atom stereocenters. The molecule has 0 spiro atoms. The van der Waals surface area contributed by atoms with E-state index in [-0.39, 0.29) is 18.2 Å². The van der Waals surface area contributed by atoms with Crippen LogP contribution in [0, 0.1) is 5.92 Å². The first-order valence-corrected chi connectivity index (χ1v) is 5.64. The van der Waals surface area contributed by atoms with Gasteiger partial charge in [0.15, 0.2) is 0 Å². The Morgan fingerprint density at radius 3 is 2.53 bits per heavy atom. The Balaban J connectivity index is 2.57. The summed E-state index contributed by atoms with van der Waals surface area (Å²) in [5.74, 6) is -1.38. The average Bonchev–Trinajstić information content (AvgIpc) is 2.62. The van der Waals surface area contributed by atoms with Gasteiger partial charge in [0.25, 0.3) is 0 Å². The highest BCUT2D eigenvalue weighted by molar-refractivity contribution is 5.93. The second-order valence-corrected chi connectivity index (χ2v) is 4.41. The van der Waals surface area contributed by atoms with Gasteiger partial charge in [-0.15, -0.1) is 0 Å². The van der Waals surface area contributed by atoms with Gasteiger partial charge in [-0.2, -0.15) is 0 Å². The van der Waals surface area contributed by atoms with Crippen molar-refractivity contribution in [1.29, 1.82) is 0 Å². The summed E-state index contributed by atoms with van der Waals surface area (Å²) in [5.41, 5.74) is 0. The first kappa shape index (κ1) is 13.5. The number of nitrogens with zero attached hydrogens (tertiary/aromatic N) is 1. The normalized spacial score (nSPS) is 17.4. The van der Waals surface area contributed by atoms with Crippen molar-refractivity contribution in [3.63, 3.8) is 0 Å². The summed E-state index contributed by atoms with van der Waals surface area (Å²) in [6, 6.07) is 0. The number of ether oxygens (including phenoxy) is 1. The fourth-order valence-electron chi connectivity index (χ4n) is 1.62. The molecule has 6 heteroatoms. The number of hydrogen-bond donors (Lipinski definition) is 1. The van der Waals surface area contributed by atoms with Gasteiger partial charge >= 0.3 is 12.1 Å². The third-order valence-corrected chi connectivity index (χ3v) is 2.67. The number of carbonyl (C=O) groups is 3. The smallest absolute Gasteiger partial charge is 0.416 e. The number of hydrogen-bond acceptors (Lipinski definition) is 4. The molecule has 1 aliphatic heterocycles. The van der Waals surface area contributed by atoms with Gasteiger partial charge in [0.1, 0.15) is 6.10 Å². The Bertz CT molecular complexity index is 326. The molecule has 0 aromatic carbocycles. The van der Waals surface area contributed by atoms with E-state index in [0.717, 1.165) is 4.90 Å². The molecule has 1 saturated heterocycles. The Kier molecular flexibility index (Phi) is 4.48. The minimum absolute atomic E-state index is 0.104. The maximum Gasteiger partial charge on any atom is 0.416 e. The van der Waals surface area contributed by atoms with Gasteiger partial charge in [-0.25, -0.2) is 9.69 Å². The molecule has 0 saturated carbocycles. The van der Waals surface area contributed by atoms with Crippen LogP contribution in [0.25, 0.3) is 0 Å². The van der Waals surface area contributed by atoms with Crippen LogP contribution in [0.15, 0.2) is 0 Å². The lowest BCUT2D eigenvalue weighted by molar-refractivity contribution is -0.140. The van der Waals surface area contributed by atoms with Crippen LogP contribution < -0.4 is 0 Å². The third kappa shape index (κ3) is 3.72. The molecular weight excluding hydrogens is 226 g/mol. The molecule has 0 aromatic rings. The summed E-state index contributed by atoms with van der Waals surface area (Å²) in [7, 11) is 0. The van der Waals surface area contributed by atoms with E-state index in [4.69, 9.17) is 9.84 Å². The quantitative estimate of drug-likeness (QED) is 0.803. The molecule has 96 valence electrons. The van der Waals surface area contributed by atoms with E-state index >= 15 is 0 Å². The summed E-state index contributed by atoms with van der Waals surface area (Å²) in [6.07, 6.45) is -0.689. The minimum Gasteiger partial charge on any atom is -0.481 e. The van der Waals surface area contributed by atoms with Gasteiger partial charge < -0.3 is 9.84 Å². The zero-order valence-corrected chi connectivity index (χ0v) is 10.0. The standard InChI is InChI=1S/C11H17NO5/c1-7(2)8(6-10(14)15)17-11(16)12-5-3-4-9(12)13/h7-8H,3-6H2,1-2H3,(H,14,15). The molecule has 0 aliphatic carbocycles. The summed E-state index contributed by atoms with van der Waals surface area (Å²) < 4.78 is 5.06. The lowest BCUT2D eigenvalue weighted by atomic mass is 10.0. The number of amides is 2. The molecule has 1 atom stereocenters. The van der Waals surface area contributed by atoms with Crippen molar-refractivity contribution in [2.45, 2.75) is 39.2 Å². The van der Waals surface area contributed by atoms with Crippen LogP contribution in [0.4, 0.5) is 4.79 Å². The van der Waals surface area contributed by atoms with Crippen LogP contribution in [0.2, 0.25) is 0 Å². The molecule has 1 N–H and O–H groups in total. The van der Waals surface area contributed by atoms with E-state index in [1.165, 1.54) is 0 Å². The SMILES string of the molecule is CC(C)C(CC(=O)O)OC(=O)N1CCCC1=O. The van der Waals surface area contributed by atoms with Crippen molar-refractivity contribution in [2.75, 3.05) is 6.54 Å². The topological polar surface area (TPSA) is 83.9 Å². The Morgan fingerprint density at radius 2 is 2.12 bits per heavy atom. The lowest BCUT2D eigenvalue weighted by Gasteiger charge is -2.22. The number of carboxylic acid groups (broad SMARTS) is 1. The Labute approximate surface area is 99.5 Å². The van der Waals surface area contributed by atoms with E-state index in [0.29, 0.717) is 19.4 Å². The number of likely N-dealkylation sites (tertiary alicyclic amines) is 1. The van der Waals surface area contributed by atoms with Crippen molar-refractivity contribution in [1.82, 2.24) is 4.90 Å². The van der Waals surface area contributed by atoms with Crippen LogP contribution in [0.5, 0.6) is 0 Å². The molecular formula is C11H17NO5. The predicted octanol–water partition coefficient (Wildman–Crippen LogP) is 1.24. The highest BCUT2D eigenvalue weighted by atomic mass is 16.6.